The summed E-state index contributed by atoms with van der Waals surface area (Å²) < 4.78 is 5.32. The van der Waals surface area contributed by atoms with Gasteiger partial charge in [-0.2, -0.15) is 0 Å². The van der Waals surface area contributed by atoms with Crippen LogP contribution in [0.5, 0.6) is 5.88 Å². The fourth-order valence-corrected chi connectivity index (χ4v) is 2.01. The lowest BCUT2D eigenvalue weighted by molar-refractivity contribution is 0.392. The molecule has 0 bridgehead atoms. The third-order valence-electron chi connectivity index (χ3n) is 3.17. The molecule has 22 heavy (non-hydrogen) atoms. The number of nitrogens with one attached hydrogen (secondary N) is 1. The van der Waals surface area contributed by atoms with Crippen LogP contribution in [0.3, 0.4) is 0 Å². The van der Waals surface area contributed by atoms with Crippen molar-refractivity contribution in [3.63, 3.8) is 0 Å². The lowest BCUT2D eigenvalue weighted by atomic mass is 10.1. The Morgan fingerprint density at radius 3 is 2.82 bits per heavy atom. The fourth-order valence-electron chi connectivity index (χ4n) is 2.01. The summed E-state index contributed by atoms with van der Waals surface area (Å²) in [6.45, 7) is 4.01. The molecule has 2 aromatic heterocycles. The molecule has 2 rings (SSSR count). The Balaban J connectivity index is 2.32. The molecule has 2 heterocycles. The van der Waals surface area contributed by atoms with E-state index in [-0.39, 0.29) is 5.43 Å². The van der Waals surface area contributed by atoms with Gasteiger partial charge in [0.15, 0.2) is 11.3 Å². The van der Waals surface area contributed by atoms with Crippen LogP contribution in [0.15, 0.2) is 47.0 Å². The van der Waals surface area contributed by atoms with Crippen molar-refractivity contribution in [1.29, 1.82) is 0 Å². The second-order valence-electron chi connectivity index (χ2n) is 5.21. The van der Waals surface area contributed by atoms with Crippen LogP contribution < -0.4 is 10.2 Å². The van der Waals surface area contributed by atoms with Gasteiger partial charge in [-0.3, -0.25) is 9.78 Å². The molecular weight excluding hydrogens is 276 g/mol. The van der Waals surface area contributed by atoms with Gasteiger partial charge in [-0.1, -0.05) is 23.8 Å². The molecule has 0 unspecified atom stereocenters. The molecule has 0 aliphatic carbocycles. The maximum Gasteiger partial charge on any atom is 0.198 e. The molecule has 0 amide bonds. The minimum atomic E-state index is -0.0288. The quantitative estimate of drug-likeness (QED) is 0.860. The lowest BCUT2D eigenvalue weighted by Gasteiger charge is -2.07. The molecule has 0 atom stereocenters. The minimum absolute atomic E-state index is 0.0288. The molecule has 0 aromatic carbocycles. The first-order valence-electron chi connectivity index (χ1n) is 7.12. The van der Waals surface area contributed by atoms with Crippen molar-refractivity contribution in [2.45, 2.75) is 20.3 Å². The molecule has 0 radical (unpaired) electrons. The number of methoxy groups -OCH3 is 1. The fraction of sp³-hybridized carbons (Fsp3) is 0.222. The summed E-state index contributed by atoms with van der Waals surface area (Å²) in [7, 11) is 1.56. The number of rotatable bonds is 5. The van der Waals surface area contributed by atoms with Crippen LogP contribution >= 0.6 is 0 Å². The van der Waals surface area contributed by atoms with Crippen LogP contribution in [-0.4, -0.2) is 17.1 Å². The van der Waals surface area contributed by atoms with E-state index in [1.54, 1.807) is 25.6 Å². The summed E-state index contributed by atoms with van der Waals surface area (Å²) in [6.07, 6.45) is 9.79. The zero-order chi connectivity index (χ0) is 15.9. The molecule has 1 N–H and O–H groups in total. The highest BCUT2D eigenvalue weighted by Gasteiger charge is 2.08. The molecule has 4 heteroatoms. The molecule has 114 valence electrons. The molecule has 0 fully saturated rings. The van der Waals surface area contributed by atoms with E-state index in [4.69, 9.17) is 4.74 Å². The number of ether oxygens (including phenoxy) is 1. The van der Waals surface area contributed by atoms with Crippen LogP contribution in [-0.2, 0) is 6.42 Å². The molecule has 2 aromatic rings. The van der Waals surface area contributed by atoms with Crippen molar-refractivity contribution < 1.29 is 4.74 Å². The van der Waals surface area contributed by atoms with Gasteiger partial charge in [-0.25, -0.2) is 0 Å². The molecule has 4 nitrogen and oxygen atoms in total. The number of hydrogen-bond acceptors (Lipinski definition) is 3. The van der Waals surface area contributed by atoms with E-state index in [2.05, 4.69) is 9.97 Å². The molecule has 0 spiro atoms. The first-order chi connectivity index (χ1) is 10.6. The average Bonchev–Trinajstić information content (AvgIpc) is 2.52. The average molecular weight is 296 g/mol. The third-order valence-corrected chi connectivity index (χ3v) is 3.17. The van der Waals surface area contributed by atoms with Crippen molar-refractivity contribution in [2.75, 3.05) is 7.11 Å². The number of nitrogens with zero attached hydrogens (tertiary/aromatic N) is 1. The van der Waals surface area contributed by atoms with Crippen LogP contribution in [0.1, 0.15) is 30.7 Å². The van der Waals surface area contributed by atoms with Gasteiger partial charge in [0, 0.05) is 24.2 Å². The molecule has 0 saturated heterocycles. The van der Waals surface area contributed by atoms with E-state index < -0.39 is 0 Å². The molecule has 0 aliphatic rings. The largest absolute Gasteiger partial charge is 0.482 e. The van der Waals surface area contributed by atoms with E-state index >= 15 is 0 Å². The number of pyridine rings is 2. The standard InChI is InChI=1S/C18H20N2O2/c1-13(2)6-9-16-17(21)11-15(20-18(16)22-3)8-7-14-5-4-10-19-12-14/h4-8,10-12H,9H2,1-3H3,(H,20,21)/b8-7-. The lowest BCUT2D eigenvalue weighted by Crippen LogP contribution is -2.12. The Morgan fingerprint density at radius 2 is 2.18 bits per heavy atom. The van der Waals surface area contributed by atoms with Crippen LogP contribution in [0.25, 0.3) is 12.2 Å². The van der Waals surface area contributed by atoms with Gasteiger partial charge >= 0.3 is 0 Å². The zero-order valence-corrected chi connectivity index (χ0v) is 13.1. The van der Waals surface area contributed by atoms with Gasteiger partial charge in [0.25, 0.3) is 0 Å². The monoisotopic (exact) mass is 296 g/mol. The normalized spacial score (nSPS) is 10.7. The van der Waals surface area contributed by atoms with Gasteiger partial charge in [-0.15, -0.1) is 0 Å². The van der Waals surface area contributed by atoms with Crippen molar-refractivity contribution >= 4 is 12.2 Å². The number of aromatic amines is 1. The predicted octanol–water partition coefficient (Wildman–Crippen LogP) is 3.46. The van der Waals surface area contributed by atoms with Crippen molar-refractivity contribution in [3.05, 3.63) is 69.3 Å². The second-order valence-corrected chi connectivity index (χ2v) is 5.21. The third kappa shape index (κ3) is 4.19. The summed E-state index contributed by atoms with van der Waals surface area (Å²) in [5.74, 6) is 0.510. The smallest absolute Gasteiger partial charge is 0.198 e. The summed E-state index contributed by atoms with van der Waals surface area (Å²) in [5, 5.41) is 0. The molecule has 0 aliphatic heterocycles. The first kappa shape index (κ1) is 15.8. The van der Waals surface area contributed by atoms with Crippen molar-refractivity contribution in [3.8, 4) is 5.88 Å². The number of aromatic nitrogens is 2. The number of allylic oxidation sites excluding steroid dienone is 2. The van der Waals surface area contributed by atoms with Crippen LogP contribution in [0.4, 0.5) is 0 Å². The highest BCUT2D eigenvalue weighted by Crippen LogP contribution is 2.15. The van der Waals surface area contributed by atoms with Crippen molar-refractivity contribution in [2.24, 2.45) is 0 Å². The second kappa shape index (κ2) is 7.41. The Hall–Kier alpha value is -2.62. The Kier molecular flexibility index (Phi) is 5.31. The van der Waals surface area contributed by atoms with Gasteiger partial charge in [0.05, 0.1) is 12.7 Å². The minimum Gasteiger partial charge on any atom is -0.482 e. The summed E-state index contributed by atoms with van der Waals surface area (Å²) in [6, 6.07) is 5.40. The van der Waals surface area contributed by atoms with Gasteiger partial charge in [0.2, 0.25) is 0 Å². The van der Waals surface area contributed by atoms with E-state index in [1.165, 1.54) is 5.57 Å². The maximum atomic E-state index is 12.3. The predicted molar refractivity (Wildman–Crippen MR) is 89.9 cm³/mol. The van der Waals surface area contributed by atoms with Gasteiger partial charge < -0.3 is 9.72 Å². The van der Waals surface area contributed by atoms with Crippen molar-refractivity contribution in [1.82, 2.24) is 9.97 Å². The topological polar surface area (TPSA) is 55.0 Å². The van der Waals surface area contributed by atoms with Gasteiger partial charge in [0.1, 0.15) is 0 Å². The highest BCUT2D eigenvalue weighted by molar-refractivity contribution is 5.67. The van der Waals surface area contributed by atoms with E-state index in [0.29, 0.717) is 23.6 Å². The summed E-state index contributed by atoms with van der Waals surface area (Å²) in [5.41, 5.74) is 3.45. The maximum absolute atomic E-state index is 12.3. The first-order valence-corrected chi connectivity index (χ1v) is 7.12. The zero-order valence-electron chi connectivity index (χ0n) is 13.1. The SMILES string of the molecule is COc1[nH]c(/C=C\c2cccnc2)cc(=O)c1CC=C(C)C. The van der Waals surface area contributed by atoms with Crippen LogP contribution in [0, 0.1) is 0 Å². The van der Waals surface area contributed by atoms with E-state index in [1.807, 2.05) is 44.2 Å². The van der Waals surface area contributed by atoms with Crippen LogP contribution in [0.2, 0.25) is 0 Å². The van der Waals surface area contributed by atoms with Gasteiger partial charge in [-0.05, 0) is 38.0 Å². The molecular formula is C18H20N2O2. The highest BCUT2D eigenvalue weighted by atomic mass is 16.5. The number of H-pyrrole nitrogens is 1. The Labute approximate surface area is 130 Å². The van der Waals surface area contributed by atoms with E-state index in [9.17, 15) is 4.79 Å². The Bertz CT molecular complexity index is 739. The summed E-state index contributed by atoms with van der Waals surface area (Å²) >= 11 is 0. The van der Waals surface area contributed by atoms with E-state index in [0.717, 1.165) is 5.56 Å². The Morgan fingerprint density at radius 1 is 1.36 bits per heavy atom. The summed E-state index contributed by atoms with van der Waals surface area (Å²) in [4.78, 5) is 19.5. The number of hydrogen-bond donors (Lipinski definition) is 1. The molecule has 0 saturated carbocycles.